The zero-order valence-electron chi connectivity index (χ0n) is 7.89. The molecule has 0 radical (unpaired) electrons. The summed E-state index contributed by atoms with van der Waals surface area (Å²) in [5, 5.41) is 19.0. The van der Waals surface area contributed by atoms with Crippen LogP contribution >= 0.6 is 11.3 Å². The number of rotatable bonds is 3. The number of nitrogens with zero attached hydrogens (tertiary/aromatic N) is 1. The maximum absolute atomic E-state index is 10.6. The van der Waals surface area contributed by atoms with Crippen LogP contribution in [-0.2, 0) is 4.79 Å². The number of primary amides is 1. The third kappa shape index (κ3) is 2.09. The molecule has 0 saturated carbocycles. The van der Waals surface area contributed by atoms with Gasteiger partial charge < -0.3 is 15.9 Å². The van der Waals surface area contributed by atoms with Crippen molar-refractivity contribution in [3.05, 3.63) is 15.6 Å². The first-order valence-electron chi connectivity index (χ1n) is 4.03. The fourth-order valence-corrected chi connectivity index (χ4v) is 1.85. The van der Waals surface area contributed by atoms with E-state index in [0.29, 0.717) is 5.01 Å². The summed E-state index contributed by atoms with van der Waals surface area (Å²) >= 11 is 1.24. The van der Waals surface area contributed by atoms with Crippen molar-refractivity contribution in [3.8, 4) is 0 Å². The van der Waals surface area contributed by atoms with Gasteiger partial charge in [0.05, 0.1) is 5.69 Å². The molecule has 0 saturated heterocycles. The number of carbonyl (C=O) groups is 1. The minimum Gasteiger partial charge on any atom is -0.383 e. The maximum atomic E-state index is 10.6. The van der Waals surface area contributed by atoms with Crippen molar-refractivity contribution in [2.45, 2.75) is 26.1 Å². The lowest BCUT2D eigenvalue weighted by Crippen LogP contribution is -2.33. The molecule has 6 heteroatoms. The van der Waals surface area contributed by atoms with E-state index in [-0.39, 0.29) is 0 Å². The maximum Gasteiger partial charge on any atom is 0.249 e. The van der Waals surface area contributed by atoms with Crippen molar-refractivity contribution >= 4 is 17.2 Å². The molecule has 0 bridgehead atoms. The molecule has 0 aliphatic rings. The normalized spacial score (nSPS) is 15.1. The molecule has 78 valence electrons. The molecule has 14 heavy (non-hydrogen) atoms. The Morgan fingerprint density at radius 3 is 2.43 bits per heavy atom. The Hall–Kier alpha value is -0.980. The number of carbonyl (C=O) groups excluding carboxylic acids is 1. The standard InChI is InChI=1S/C8H12N2O3S/c1-3-4(2)14-8(10-3)6(12)5(11)7(9)13/h5-6,11-12H,1-2H3,(H2,9,13). The average Bonchev–Trinajstić information content (AvgIpc) is 2.44. The largest absolute Gasteiger partial charge is 0.383 e. The van der Waals surface area contributed by atoms with Crippen LogP contribution in [-0.4, -0.2) is 27.2 Å². The molecule has 4 N–H and O–H groups in total. The highest BCUT2D eigenvalue weighted by molar-refractivity contribution is 7.11. The number of aliphatic hydroxyl groups is 2. The van der Waals surface area contributed by atoms with Crippen LogP contribution in [0.1, 0.15) is 21.7 Å². The Bertz CT molecular complexity index is 331. The SMILES string of the molecule is Cc1nc(C(O)C(O)C(N)=O)sc1C. The van der Waals surface area contributed by atoms with E-state index in [2.05, 4.69) is 4.98 Å². The summed E-state index contributed by atoms with van der Waals surface area (Å²) in [6.45, 7) is 3.64. The summed E-state index contributed by atoms with van der Waals surface area (Å²) in [6.07, 6.45) is -2.93. The molecule has 1 aromatic heterocycles. The van der Waals surface area contributed by atoms with Gasteiger partial charge in [-0.2, -0.15) is 0 Å². The highest BCUT2D eigenvalue weighted by atomic mass is 32.1. The Labute approximate surface area is 85.2 Å². The summed E-state index contributed by atoms with van der Waals surface area (Å²) in [5.41, 5.74) is 5.63. The van der Waals surface area contributed by atoms with Crippen molar-refractivity contribution in [1.82, 2.24) is 4.98 Å². The third-order valence-corrected chi connectivity index (χ3v) is 3.03. The first-order valence-corrected chi connectivity index (χ1v) is 4.84. The lowest BCUT2D eigenvalue weighted by molar-refractivity contribution is -0.131. The second-order valence-corrected chi connectivity index (χ2v) is 4.22. The van der Waals surface area contributed by atoms with E-state index in [1.165, 1.54) is 11.3 Å². The predicted molar refractivity (Wildman–Crippen MR) is 51.7 cm³/mol. The molecule has 1 rings (SSSR count). The van der Waals surface area contributed by atoms with Gasteiger partial charge >= 0.3 is 0 Å². The summed E-state index contributed by atoms with van der Waals surface area (Å²) in [6, 6.07) is 0. The quantitative estimate of drug-likeness (QED) is 0.642. The smallest absolute Gasteiger partial charge is 0.249 e. The number of thiazole rings is 1. The average molecular weight is 216 g/mol. The number of nitrogens with two attached hydrogens (primary N) is 1. The van der Waals surface area contributed by atoms with Crippen LogP contribution in [0.2, 0.25) is 0 Å². The number of aliphatic hydroxyl groups excluding tert-OH is 2. The first-order chi connectivity index (χ1) is 6.43. The molecular formula is C8H12N2O3S. The second-order valence-electron chi connectivity index (χ2n) is 2.99. The van der Waals surface area contributed by atoms with E-state index in [1.54, 1.807) is 6.92 Å². The summed E-state index contributed by atoms with van der Waals surface area (Å²) in [4.78, 5) is 15.5. The fraction of sp³-hybridized carbons (Fsp3) is 0.500. The summed E-state index contributed by atoms with van der Waals surface area (Å²) in [7, 11) is 0. The minimum atomic E-state index is -1.60. The second kappa shape index (κ2) is 4.04. The van der Waals surface area contributed by atoms with Crippen LogP contribution in [0.5, 0.6) is 0 Å². The molecule has 1 heterocycles. The van der Waals surface area contributed by atoms with Crippen molar-refractivity contribution in [2.24, 2.45) is 5.73 Å². The van der Waals surface area contributed by atoms with E-state index >= 15 is 0 Å². The molecular weight excluding hydrogens is 204 g/mol. The van der Waals surface area contributed by atoms with Crippen molar-refractivity contribution in [2.75, 3.05) is 0 Å². The van der Waals surface area contributed by atoms with E-state index in [9.17, 15) is 15.0 Å². The van der Waals surface area contributed by atoms with Gasteiger partial charge in [-0.25, -0.2) is 4.98 Å². The molecule has 5 nitrogen and oxygen atoms in total. The molecule has 0 spiro atoms. The van der Waals surface area contributed by atoms with Crippen LogP contribution in [0.3, 0.4) is 0 Å². The van der Waals surface area contributed by atoms with Gasteiger partial charge in [0.25, 0.3) is 0 Å². The van der Waals surface area contributed by atoms with Crippen molar-refractivity contribution in [3.63, 3.8) is 0 Å². The highest BCUT2D eigenvalue weighted by Gasteiger charge is 2.26. The number of aromatic nitrogens is 1. The van der Waals surface area contributed by atoms with Crippen LogP contribution in [0.4, 0.5) is 0 Å². The molecule has 0 aliphatic carbocycles. The Morgan fingerprint density at radius 1 is 1.50 bits per heavy atom. The lowest BCUT2D eigenvalue weighted by Gasteiger charge is -2.11. The monoisotopic (exact) mass is 216 g/mol. The van der Waals surface area contributed by atoms with E-state index in [0.717, 1.165) is 10.6 Å². The molecule has 0 aromatic carbocycles. The molecule has 0 fully saturated rings. The number of amides is 1. The third-order valence-electron chi connectivity index (χ3n) is 1.89. The molecule has 2 atom stereocenters. The first kappa shape index (κ1) is 11.1. The van der Waals surface area contributed by atoms with Gasteiger partial charge in [0.2, 0.25) is 5.91 Å². The highest BCUT2D eigenvalue weighted by Crippen LogP contribution is 2.24. The van der Waals surface area contributed by atoms with Crippen molar-refractivity contribution < 1.29 is 15.0 Å². The zero-order chi connectivity index (χ0) is 10.9. The molecule has 1 aromatic rings. The molecule has 2 unspecified atom stereocenters. The zero-order valence-corrected chi connectivity index (χ0v) is 8.71. The van der Waals surface area contributed by atoms with E-state index in [4.69, 9.17) is 5.73 Å². The van der Waals surface area contributed by atoms with Gasteiger partial charge in [-0.15, -0.1) is 11.3 Å². The van der Waals surface area contributed by atoms with Gasteiger partial charge in [0, 0.05) is 4.88 Å². The van der Waals surface area contributed by atoms with Gasteiger partial charge in [-0.3, -0.25) is 4.79 Å². The van der Waals surface area contributed by atoms with Gasteiger partial charge in [0.15, 0.2) is 6.10 Å². The fourth-order valence-electron chi connectivity index (χ4n) is 0.915. The Balaban J connectivity index is 2.89. The molecule has 0 aliphatic heterocycles. The summed E-state index contributed by atoms with van der Waals surface area (Å²) in [5.74, 6) is -0.956. The molecule has 1 amide bonds. The van der Waals surface area contributed by atoms with E-state index < -0.39 is 18.1 Å². The number of aryl methyl sites for hydroxylation is 2. The minimum absolute atomic E-state index is 0.311. The van der Waals surface area contributed by atoms with Crippen LogP contribution < -0.4 is 5.73 Å². The number of hydrogen-bond donors (Lipinski definition) is 3. The van der Waals surface area contributed by atoms with Crippen LogP contribution in [0.15, 0.2) is 0 Å². The summed E-state index contributed by atoms with van der Waals surface area (Å²) < 4.78 is 0. The van der Waals surface area contributed by atoms with Gasteiger partial charge in [0.1, 0.15) is 11.1 Å². The predicted octanol–water partition coefficient (Wildman–Crippen LogP) is -0.360. The Morgan fingerprint density at radius 2 is 2.07 bits per heavy atom. The Kier molecular flexibility index (Phi) is 3.20. The van der Waals surface area contributed by atoms with Crippen molar-refractivity contribution in [1.29, 1.82) is 0 Å². The topological polar surface area (TPSA) is 96.4 Å². The van der Waals surface area contributed by atoms with Crippen LogP contribution in [0, 0.1) is 13.8 Å². The van der Waals surface area contributed by atoms with Crippen LogP contribution in [0.25, 0.3) is 0 Å². The van der Waals surface area contributed by atoms with Gasteiger partial charge in [-0.1, -0.05) is 0 Å². The number of hydrogen-bond acceptors (Lipinski definition) is 5. The van der Waals surface area contributed by atoms with E-state index in [1.807, 2.05) is 6.92 Å². The van der Waals surface area contributed by atoms with Gasteiger partial charge in [-0.05, 0) is 13.8 Å². The lowest BCUT2D eigenvalue weighted by atomic mass is 10.2.